The number of anilines is 1. The Morgan fingerprint density at radius 1 is 1.56 bits per heavy atom. The molecule has 1 rings (SSSR count). The van der Waals surface area contributed by atoms with E-state index in [4.69, 9.17) is 17.3 Å². The molecular formula is C13H19ClN2OS. The van der Waals surface area contributed by atoms with E-state index in [1.165, 1.54) is 0 Å². The molecule has 3 nitrogen and oxygen atoms in total. The summed E-state index contributed by atoms with van der Waals surface area (Å²) in [6.07, 6.45) is 0.933. The maximum atomic E-state index is 11.7. The predicted octanol–water partition coefficient (Wildman–Crippen LogP) is 3.06. The molecule has 1 unspecified atom stereocenters. The molecule has 5 heteroatoms. The van der Waals surface area contributed by atoms with Crippen LogP contribution in [-0.2, 0) is 4.79 Å². The van der Waals surface area contributed by atoms with Gasteiger partial charge >= 0.3 is 0 Å². The Labute approximate surface area is 117 Å². The van der Waals surface area contributed by atoms with Gasteiger partial charge in [-0.15, -0.1) is 0 Å². The van der Waals surface area contributed by atoms with Gasteiger partial charge in [-0.3, -0.25) is 4.79 Å². The minimum atomic E-state index is -0.0198. The van der Waals surface area contributed by atoms with Crippen LogP contribution < -0.4 is 11.1 Å². The number of nitrogens with one attached hydrogen (secondary N) is 1. The number of aryl methyl sites for hydroxylation is 1. The SMILES string of the molecule is CCC(N)CSCC(=O)Nc1cc(Cl)ccc1C. The van der Waals surface area contributed by atoms with Crippen molar-refractivity contribution in [1.82, 2.24) is 0 Å². The smallest absolute Gasteiger partial charge is 0.234 e. The zero-order valence-electron chi connectivity index (χ0n) is 10.7. The molecule has 0 aliphatic heterocycles. The van der Waals surface area contributed by atoms with Gasteiger partial charge in [-0.25, -0.2) is 0 Å². The van der Waals surface area contributed by atoms with Crippen LogP contribution in [0.1, 0.15) is 18.9 Å². The lowest BCUT2D eigenvalue weighted by Gasteiger charge is -2.10. The largest absolute Gasteiger partial charge is 0.327 e. The van der Waals surface area contributed by atoms with Crippen molar-refractivity contribution in [3.05, 3.63) is 28.8 Å². The summed E-state index contributed by atoms with van der Waals surface area (Å²) in [5.41, 5.74) is 7.56. The molecular weight excluding hydrogens is 268 g/mol. The molecule has 0 heterocycles. The first kappa shape index (κ1) is 15.3. The molecule has 1 aromatic rings. The zero-order valence-corrected chi connectivity index (χ0v) is 12.3. The lowest BCUT2D eigenvalue weighted by atomic mass is 10.2. The van der Waals surface area contributed by atoms with Crippen molar-refractivity contribution >= 4 is 35.0 Å². The van der Waals surface area contributed by atoms with E-state index in [9.17, 15) is 4.79 Å². The molecule has 1 atom stereocenters. The van der Waals surface area contributed by atoms with Gasteiger partial charge in [0.2, 0.25) is 5.91 Å². The van der Waals surface area contributed by atoms with Crippen LogP contribution in [0.3, 0.4) is 0 Å². The summed E-state index contributed by atoms with van der Waals surface area (Å²) in [5, 5.41) is 3.48. The quantitative estimate of drug-likeness (QED) is 0.845. The lowest BCUT2D eigenvalue weighted by molar-refractivity contribution is -0.113. The molecule has 0 aliphatic rings. The fraction of sp³-hybridized carbons (Fsp3) is 0.462. The van der Waals surface area contributed by atoms with Gasteiger partial charge in [0.1, 0.15) is 0 Å². The van der Waals surface area contributed by atoms with E-state index in [1.54, 1.807) is 17.8 Å². The zero-order chi connectivity index (χ0) is 13.5. The number of hydrogen-bond donors (Lipinski definition) is 2. The van der Waals surface area contributed by atoms with Crippen molar-refractivity contribution < 1.29 is 4.79 Å². The van der Waals surface area contributed by atoms with Crippen LogP contribution >= 0.6 is 23.4 Å². The Hall–Kier alpha value is -0.710. The number of hydrogen-bond acceptors (Lipinski definition) is 3. The van der Waals surface area contributed by atoms with Crippen LogP contribution in [0.2, 0.25) is 5.02 Å². The normalized spacial score (nSPS) is 12.2. The number of benzene rings is 1. The van der Waals surface area contributed by atoms with E-state index in [-0.39, 0.29) is 11.9 Å². The highest BCUT2D eigenvalue weighted by Gasteiger charge is 2.07. The number of rotatable bonds is 6. The third-order valence-electron chi connectivity index (χ3n) is 2.56. The minimum Gasteiger partial charge on any atom is -0.327 e. The maximum absolute atomic E-state index is 11.7. The number of thioether (sulfide) groups is 1. The van der Waals surface area contributed by atoms with E-state index in [1.807, 2.05) is 26.0 Å². The van der Waals surface area contributed by atoms with Crippen LogP contribution in [0.15, 0.2) is 18.2 Å². The summed E-state index contributed by atoms with van der Waals surface area (Å²) in [6.45, 7) is 3.98. The molecule has 0 aliphatic carbocycles. The lowest BCUT2D eigenvalue weighted by Crippen LogP contribution is -2.23. The number of carbonyl (C=O) groups excluding carboxylic acids is 1. The standard InChI is InChI=1S/C13H19ClN2OS/c1-3-11(15)7-18-8-13(17)16-12-6-10(14)5-4-9(12)2/h4-6,11H,3,7-8,15H2,1-2H3,(H,16,17). The summed E-state index contributed by atoms with van der Waals surface area (Å²) < 4.78 is 0. The van der Waals surface area contributed by atoms with Gasteiger partial charge in [-0.05, 0) is 31.0 Å². The molecule has 0 fully saturated rings. The summed E-state index contributed by atoms with van der Waals surface area (Å²) in [6, 6.07) is 5.62. The van der Waals surface area contributed by atoms with Crippen molar-refractivity contribution in [2.24, 2.45) is 5.73 Å². The van der Waals surface area contributed by atoms with Gasteiger partial charge in [0.15, 0.2) is 0 Å². The molecule has 18 heavy (non-hydrogen) atoms. The summed E-state index contributed by atoms with van der Waals surface area (Å²) in [7, 11) is 0. The van der Waals surface area contributed by atoms with Gasteiger partial charge in [-0.2, -0.15) is 11.8 Å². The van der Waals surface area contributed by atoms with Crippen LogP contribution in [0, 0.1) is 6.92 Å². The summed E-state index contributed by atoms with van der Waals surface area (Å²) in [4.78, 5) is 11.7. The second-order valence-electron chi connectivity index (χ2n) is 4.19. The molecule has 0 radical (unpaired) electrons. The van der Waals surface area contributed by atoms with Crippen molar-refractivity contribution in [3.8, 4) is 0 Å². The highest BCUT2D eigenvalue weighted by Crippen LogP contribution is 2.20. The molecule has 0 saturated heterocycles. The van der Waals surface area contributed by atoms with Crippen LogP contribution in [-0.4, -0.2) is 23.5 Å². The molecule has 0 bridgehead atoms. The minimum absolute atomic E-state index is 0.0198. The van der Waals surface area contributed by atoms with Crippen LogP contribution in [0.25, 0.3) is 0 Å². The molecule has 1 aromatic carbocycles. The Morgan fingerprint density at radius 2 is 2.28 bits per heavy atom. The van der Waals surface area contributed by atoms with E-state index in [2.05, 4.69) is 5.32 Å². The Morgan fingerprint density at radius 3 is 2.94 bits per heavy atom. The average Bonchev–Trinajstić information content (AvgIpc) is 2.33. The second-order valence-corrected chi connectivity index (χ2v) is 5.66. The summed E-state index contributed by atoms with van der Waals surface area (Å²) >= 11 is 7.45. The molecule has 0 aromatic heterocycles. The van der Waals surface area contributed by atoms with E-state index in [0.717, 1.165) is 23.4 Å². The summed E-state index contributed by atoms with van der Waals surface area (Å²) in [5.74, 6) is 1.20. The number of carbonyl (C=O) groups is 1. The van der Waals surface area contributed by atoms with E-state index >= 15 is 0 Å². The van der Waals surface area contributed by atoms with Crippen molar-refractivity contribution in [2.45, 2.75) is 26.3 Å². The molecule has 3 N–H and O–H groups in total. The number of nitrogens with two attached hydrogens (primary N) is 1. The first-order chi connectivity index (χ1) is 8.52. The van der Waals surface area contributed by atoms with Gasteiger partial charge in [0, 0.05) is 22.5 Å². The van der Waals surface area contributed by atoms with Gasteiger partial charge < -0.3 is 11.1 Å². The molecule has 0 saturated carbocycles. The average molecular weight is 287 g/mol. The monoisotopic (exact) mass is 286 g/mol. The first-order valence-corrected chi connectivity index (χ1v) is 7.45. The number of halogens is 1. The third kappa shape index (κ3) is 5.29. The number of amides is 1. The molecule has 100 valence electrons. The third-order valence-corrected chi connectivity index (χ3v) is 3.93. The predicted molar refractivity (Wildman–Crippen MR) is 80.4 cm³/mol. The van der Waals surface area contributed by atoms with Crippen LogP contribution in [0.5, 0.6) is 0 Å². The van der Waals surface area contributed by atoms with E-state index < -0.39 is 0 Å². The van der Waals surface area contributed by atoms with Gasteiger partial charge in [0.05, 0.1) is 5.75 Å². The van der Waals surface area contributed by atoms with Gasteiger partial charge in [0.25, 0.3) is 0 Å². The highest BCUT2D eigenvalue weighted by molar-refractivity contribution is 8.00. The first-order valence-electron chi connectivity index (χ1n) is 5.92. The topological polar surface area (TPSA) is 55.1 Å². The highest BCUT2D eigenvalue weighted by atomic mass is 35.5. The fourth-order valence-corrected chi connectivity index (χ4v) is 2.42. The van der Waals surface area contributed by atoms with E-state index in [0.29, 0.717) is 10.8 Å². The Bertz CT molecular complexity index is 412. The van der Waals surface area contributed by atoms with Crippen molar-refractivity contribution in [2.75, 3.05) is 16.8 Å². The maximum Gasteiger partial charge on any atom is 0.234 e. The Kier molecular flexibility index (Phi) is 6.54. The molecule has 0 spiro atoms. The van der Waals surface area contributed by atoms with Gasteiger partial charge in [-0.1, -0.05) is 24.6 Å². The Balaban J connectivity index is 2.42. The van der Waals surface area contributed by atoms with Crippen molar-refractivity contribution in [3.63, 3.8) is 0 Å². The van der Waals surface area contributed by atoms with Crippen LogP contribution in [0.4, 0.5) is 5.69 Å². The second kappa shape index (κ2) is 7.67. The fourth-order valence-electron chi connectivity index (χ4n) is 1.34. The van der Waals surface area contributed by atoms with Crippen molar-refractivity contribution in [1.29, 1.82) is 0 Å². The molecule has 1 amide bonds.